The number of nitrogens with zero attached hydrogens (tertiary/aromatic N) is 1. The van der Waals surface area contributed by atoms with Crippen LogP contribution in [0.25, 0.3) is 6.08 Å². The van der Waals surface area contributed by atoms with Crippen LogP contribution in [0.1, 0.15) is 18.4 Å². The van der Waals surface area contributed by atoms with Gasteiger partial charge in [0.15, 0.2) is 0 Å². The Bertz CT molecular complexity index is 572. The van der Waals surface area contributed by atoms with Crippen LogP contribution in [-0.2, 0) is 9.59 Å². The van der Waals surface area contributed by atoms with E-state index in [4.69, 9.17) is 28.3 Å². The number of rotatable bonds is 3. The van der Waals surface area contributed by atoms with Crippen molar-refractivity contribution < 1.29 is 14.7 Å². The van der Waals surface area contributed by atoms with E-state index in [2.05, 4.69) is 0 Å². The van der Waals surface area contributed by atoms with Gasteiger partial charge in [-0.05, 0) is 36.6 Å². The van der Waals surface area contributed by atoms with Gasteiger partial charge in [0.25, 0.3) is 0 Å². The molecule has 0 spiro atoms. The summed E-state index contributed by atoms with van der Waals surface area (Å²) in [7, 11) is 0. The summed E-state index contributed by atoms with van der Waals surface area (Å²) in [6.45, 7) is 0.474. The quantitative estimate of drug-likeness (QED) is 0.872. The van der Waals surface area contributed by atoms with Gasteiger partial charge >= 0.3 is 5.97 Å². The number of carboxylic acids is 1. The summed E-state index contributed by atoms with van der Waals surface area (Å²) in [6.07, 6.45) is 4.17. The first-order valence-electron chi connectivity index (χ1n) is 6.15. The highest BCUT2D eigenvalue weighted by molar-refractivity contribution is 6.42. The van der Waals surface area contributed by atoms with Crippen molar-refractivity contribution in [1.29, 1.82) is 0 Å². The predicted molar refractivity (Wildman–Crippen MR) is 77.9 cm³/mol. The predicted octanol–water partition coefficient (Wildman–Crippen LogP) is 3.08. The van der Waals surface area contributed by atoms with Crippen LogP contribution in [0, 0.1) is 0 Å². The minimum absolute atomic E-state index is 0.305. The number of aliphatic carboxylic acids is 1. The van der Waals surface area contributed by atoms with Crippen molar-refractivity contribution in [3.05, 3.63) is 39.9 Å². The van der Waals surface area contributed by atoms with E-state index in [9.17, 15) is 9.59 Å². The van der Waals surface area contributed by atoms with Gasteiger partial charge in [-0.2, -0.15) is 0 Å². The van der Waals surface area contributed by atoms with Crippen molar-refractivity contribution in [3.63, 3.8) is 0 Å². The van der Waals surface area contributed by atoms with Crippen molar-refractivity contribution in [2.75, 3.05) is 6.54 Å². The van der Waals surface area contributed by atoms with Crippen LogP contribution < -0.4 is 0 Å². The molecule has 0 aromatic heterocycles. The summed E-state index contributed by atoms with van der Waals surface area (Å²) >= 11 is 11.7. The molecule has 1 aromatic carbocycles. The Morgan fingerprint density at radius 1 is 1.30 bits per heavy atom. The molecule has 1 atom stereocenters. The van der Waals surface area contributed by atoms with Crippen molar-refractivity contribution >= 4 is 41.2 Å². The summed E-state index contributed by atoms with van der Waals surface area (Å²) in [4.78, 5) is 24.4. The first-order valence-corrected chi connectivity index (χ1v) is 6.91. The molecule has 106 valence electrons. The van der Waals surface area contributed by atoms with E-state index in [1.165, 1.54) is 11.0 Å². The van der Waals surface area contributed by atoms with E-state index < -0.39 is 12.0 Å². The zero-order valence-electron chi connectivity index (χ0n) is 10.6. The molecule has 0 radical (unpaired) electrons. The fraction of sp³-hybridized carbons (Fsp3) is 0.286. The van der Waals surface area contributed by atoms with Crippen LogP contribution in [0.5, 0.6) is 0 Å². The fourth-order valence-electron chi connectivity index (χ4n) is 2.17. The van der Waals surface area contributed by atoms with Gasteiger partial charge in [-0.3, -0.25) is 4.79 Å². The van der Waals surface area contributed by atoms with Crippen LogP contribution in [0.15, 0.2) is 24.3 Å². The summed E-state index contributed by atoms with van der Waals surface area (Å²) in [5, 5.41) is 9.89. The summed E-state index contributed by atoms with van der Waals surface area (Å²) in [6, 6.07) is 4.30. The average Bonchev–Trinajstić information content (AvgIpc) is 2.89. The fourth-order valence-corrected chi connectivity index (χ4v) is 2.47. The molecule has 0 aliphatic carbocycles. The number of likely N-dealkylation sites (tertiary alicyclic amines) is 1. The lowest BCUT2D eigenvalue weighted by atomic mass is 10.2. The highest BCUT2D eigenvalue weighted by atomic mass is 35.5. The maximum Gasteiger partial charge on any atom is 0.326 e. The van der Waals surface area contributed by atoms with Crippen LogP contribution in [-0.4, -0.2) is 34.5 Å². The SMILES string of the molecule is O=C(O)[C@H]1CCCN1C(=O)C=Cc1ccc(Cl)c(Cl)c1. The molecule has 1 aromatic rings. The molecule has 1 heterocycles. The highest BCUT2D eigenvalue weighted by Gasteiger charge is 2.32. The Balaban J connectivity index is 2.08. The number of hydrogen-bond acceptors (Lipinski definition) is 2. The van der Waals surface area contributed by atoms with E-state index >= 15 is 0 Å². The molecule has 1 aliphatic heterocycles. The van der Waals surface area contributed by atoms with E-state index in [-0.39, 0.29) is 5.91 Å². The van der Waals surface area contributed by atoms with Crippen LogP contribution in [0.3, 0.4) is 0 Å². The maximum absolute atomic E-state index is 12.0. The zero-order valence-corrected chi connectivity index (χ0v) is 12.1. The Kier molecular flexibility index (Phi) is 4.68. The second-order valence-corrected chi connectivity index (χ2v) is 5.35. The maximum atomic E-state index is 12.0. The topological polar surface area (TPSA) is 57.6 Å². The van der Waals surface area contributed by atoms with Gasteiger partial charge in [0.2, 0.25) is 5.91 Å². The van der Waals surface area contributed by atoms with Crippen molar-refractivity contribution in [2.45, 2.75) is 18.9 Å². The molecule has 2 rings (SSSR count). The van der Waals surface area contributed by atoms with Gasteiger partial charge in [-0.15, -0.1) is 0 Å². The van der Waals surface area contributed by atoms with Gasteiger partial charge < -0.3 is 10.0 Å². The van der Waals surface area contributed by atoms with Crippen molar-refractivity contribution in [1.82, 2.24) is 4.90 Å². The molecule has 1 saturated heterocycles. The van der Waals surface area contributed by atoms with Gasteiger partial charge in [0, 0.05) is 12.6 Å². The minimum Gasteiger partial charge on any atom is -0.480 e. The molecule has 20 heavy (non-hydrogen) atoms. The monoisotopic (exact) mass is 313 g/mol. The van der Waals surface area contributed by atoms with E-state index in [0.717, 1.165) is 5.56 Å². The Morgan fingerprint density at radius 3 is 2.70 bits per heavy atom. The molecule has 0 saturated carbocycles. The van der Waals surface area contributed by atoms with E-state index in [1.54, 1.807) is 24.3 Å². The first kappa shape index (κ1) is 14.9. The standard InChI is InChI=1S/C14H13Cl2NO3/c15-10-5-3-9(8-11(10)16)4-6-13(18)17-7-1-2-12(17)14(19)20/h3-6,8,12H,1-2,7H2,(H,19,20)/t12-/m1/s1. The van der Waals surface area contributed by atoms with Crippen LogP contribution in [0.4, 0.5) is 0 Å². The van der Waals surface area contributed by atoms with Gasteiger partial charge in [0.1, 0.15) is 6.04 Å². The largest absolute Gasteiger partial charge is 0.480 e. The van der Waals surface area contributed by atoms with E-state index in [1.807, 2.05) is 0 Å². The summed E-state index contributed by atoms with van der Waals surface area (Å²) in [5.41, 5.74) is 0.735. The molecule has 6 heteroatoms. The second-order valence-electron chi connectivity index (χ2n) is 4.53. The average molecular weight is 314 g/mol. The van der Waals surface area contributed by atoms with Gasteiger partial charge in [-0.25, -0.2) is 4.79 Å². The first-order chi connectivity index (χ1) is 9.49. The lowest BCUT2D eigenvalue weighted by Gasteiger charge is -2.19. The molecule has 1 amide bonds. The van der Waals surface area contributed by atoms with Crippen molar-refractivity contribution in [3.8, 4) is 0 Å². The number of benzene rings is 1. The van der Waals surface area contributed by atoms with Crippen LogP contribution >= 0.6 is 23.2 Å². The molecule has 1 fully saturated rings. The lowest BCUT2D eigenvalue weighted by molar-refractivity contribution is -0.146. The third-order valence-corrected chi connectivity index (χ3v) is 3.92. The number of halogens is 2. The smallest absolute Gasteiger partial charge is 0.326 e. The number of carboxylic acid groups (broad SMARTS) is 1. The minimum atomic E-state index is -0.959. The number of carbonyl (C=O) groups excluding carboxylic acids is 1. The molecule has 0 unspecified atom stereocenters. The normalized spacial score (nSPS) is 18.7. The molecule has 1 aliphatic rings. The van der Waals surface area contributed by atoms with Gasteiger partial charge in [0.05, 0.1) is 10.0 Å². The number of amides is 1. The molecular formula is C14H13Cl2NO3. The van der Waals surface area contributed by atoms with E-state index in [0.29, 0.717) is 29.4 Å². The van der Waals surface area contributed by atoms with Gasteiger partial charge in [-0.1, -0.05) is 29.3 Å². The van der Waals surface area contributed by atoms with Crippen LogP contribution in [0.2, 0.25) is 10.0 Å². The molecule has 0 bridgehead atoms. The third-order valence-electron chi connectivity index (χ3n) is 3.18. The Labute approximate surface area is 126 Å². The highest BCUT2D eigenvalue weighted by Crippen LogP contribution is 2.23. The zero-order chi connectivity index (χ0) is 14.7. The third kappa shape index (κ3) is 3.32. The summed E-state index contributed by atoms with van der Waals surface area (Å²) in [5.74, 6) is -1.26. The Hall–Kier alpha value is -1.52. The number of hydrogen-bond donors (Lipinski definition) is 1. The number of carbonyl (C=O) groups is 2. The second kappa shape index (κ2) is 6.29. The molecular weight excluding hydrogens is 301 g/mol. The summed E-state index contributed by atoms with van der Waals surface area (Å²) < 4.78 is 0. The molecule has 4 nitrogen and oxygen atoms in total. The molecule has 1 N–H and O–H groups in total. The Morgan fingerprint density at radius 2 is 2.05 bits per heavy atom. The lowest BCUT2D eigenvalue weighted by Crippen LogP contribution is -2.39. The van der Waals surface area contributed by atoms with Crippen molar-refractivity contribution in [2.24, 2.45) is 0 Å².